The van der Waals surface area contributed by atoms with Gasteiger partial charge in [0.1, 0.15) is 24.5 Å². The first kappa shape index (κ1) is 24.2. The van der Waals surface area contributed by atoms with E-state index in [1.807, 2.05) is 0 Å². The zero-order chi connectivity index (χ0) is 23.2. The summed E-state index contributed by atoms with van der Waals surface area (Å²) in [6.45, 7) is 6.65. The molecule has 170 valence electrons. The largest absolute Gasteiger partial charge is 0.463 e. The number of carbonyl (C=O) groups excluding carboxylic acids is 2. The molecule has 1 aromatic rings. The van der Waals surface area contributed by atoms with Gasteiger partial charge >= 0.3 is 17.6 Å². The van der Waals surface area contributed by atoms with Crippen LogP contribution in [0, 0.1) is 6.92 Å². The van der Waals surface area contributed by atoms with Crippen LogP contribution in [0.2, 0.25) is 0 Å². The van der Waals surface area contributed by atoms with Gasteiger partial charge in [0.15, 0.2) is 0 Å². The second-order valence-electron chi connectivity index (χ2n) is 8.24. The summed E-state index contributed by atoms with van der Waals surface area (Å²) < 4.78 is 17.3. The third-order valence-corrected chi connectivity index (χ3v) is 4.45. The van der Waals surface area contributed by atoms with E-state index in [9.17, 15) is 19.2 Å². The van der Waals surface area contributed by atoms with Crippen LogP contribution in [0.1, 0.15) is 58.2 Å². The number of hydrogen-bond donors (Lipinski definition) is 1. The molecule has 3 atom stereocenters. The number of azide groups is 1. The van der Waals surface area contributed by atoms with E-state index in [0.717, 1.165) is 0 Å². The molecule has 1 fully saturated rings. The van der Waals surface area contributed by atoms with Gasteiger partial charge in [0, 0.05) is 35.9 Å². The second kappa shape index (κ2) is 10.3. The second-order valence-corrected chi connectivity index (χ2v) is 8.24. The molecule has 0 radical (unpaired) electrons. The highest BCUT2D eigenvalue weighted by Crippen LogP contribution is 2.30. The SMILES string of the molecule is Cc1cn([C@H]2C[C@H](N=[N+]=[N-])[C@@H](COC(=O)CCCC(=O)OC(C)(C)C)O2)c(=O)[nH]c1=O. The van der Waals surface area contributed by atoms with Crippen molar-refractivity contribution < 1.29 is 23.8 Å². The number of H-pyrrole nitrogens is 1. The monoisotopic (exact) mass is 437 g/mol. The van der Waals surface area contributed by atoms with Crippen molar-refractivity contribution in [3.63, 3.8) is 0 Å². The Labute approximate surface area is 178 Å². The topological polar surface area (TPSA) is 165 Å². The van der Waals surface area contributed by atoms with E-state index in [4.69, 9.17) is 19.7 Å². The molecule has 0 aromatic carbocycles. The minimum atomic E-state index is -0.783. The van der Waals surface area contributed by atoms with Crippen LogP contribution in [-0.4, -0.2) is 45.8 Å². The van der Waals surface area contributed by atoms with Gasteiger partial charge in [-0.25, -0.2) is 4.79 Å². The van der Waals surface area contributed by atoms with Gasteiger partial charge in [0.2, 0.25) is 0 Å². The highest BCUT2D eigenvalue weighted by atomic mass is 16.6. The fraction of sp³-hybridized carbons (Fsp3) is 0.684. The molecule has 0 aliphatic carbocycles. The summed E-state index contributed by atoms with van der Waals surface area (Å²) in [4.78, 5) is 52.3. The highest BCUT2D eigenvalue weighted by Gasteiger charge is 2.37. The summed E-state index contributed by atoms with van der Waals surface area (Å²) in [7, 11) is 0. The van der Waals surface area contributed by atoms with Crippen LogP contribution < -0.4 is 11.2 Å². The Hall–Kier alpha value is -3.11. The number of ether oxygens (including phenoxy) is 3. The van der Waals surface area contributed by atoms with E-state index in [1.54, 1.807) is 27.7 Å². The zero-order valence-electron chi connectivity index (χ0n) is 18.0. The van der Waals surface area contributed by atoms with Crippen LogP contribution >= 0.6 is 0 Å². The Kier molecular flexibility index (Phi) is 8.01. The van der Waals surface area contributed by atoms with Crippen molar-refractivity contribution in [3.05, 3.63) is 43.0 Å². The van der Waals surface area contributed by atoms with Crippen molar-refractivity contribution in [2.24, 2.45) is 5.11 Å². The molecule has 1 aromatic heterocycles. The fourth-order valence-electron chi connectivity index (χ4n) is 3.04. The first-order chi connectivity index (χ1) is 14.5. The summed E-state index contributed by atoms with van der Waals surface area (Å²) >= 11 is 0. The Bertz CT molecular complexity index is 971. The molecule has 0 saturated carbocycles. The lowest BCUT2D eigenvalue weighted by molar-refractivity contribution is -0.155. The predicted molar refractivity (Wildman–Crippen MR) is 108 cm³/mol. The van der Waals surface area contributed by atoms with Crippen molar-refractivity contribution in [1.29, 1.82) is 0 Å². The van der Waals surface area contributed by atoms with Crippen LogP contribution in [0.4, 0.5) is 0 Å². The number of esters is 2. The van der Waals surface area contributed by atoms with Crippen LogP contribution in [0.25, 0.3) is 10.4 Å². The standard InChI is InChI=1S/C19H27N5O7/c1-11-9-24(18(28)21-17(11)27)14-8-12(22-23-20)13(30-14)10-29-15(25)6-5-7-16(26)31-19(2,3)4/h9,12-14H,5-8,10H2,1-4H3,(H,21,27,28)/t12-,13+,14+/m0/s1. The molecule has 1 N–H and O–H groups in total. The maximum atomic E-state index is 12.1. The van der Waals surface area contributed by atoms with Gasteiger partial charge in [-0.15, -0.1) is 0 Å². The zero-order valence-corrected chi connectivity index (χ0v) is 18.0. The minimum absolute atomic E-state index is 0.0140. The van der Waals surface area contributed by atoms with E-state index in [-0.39, 0.29) is 32.3 Å². The quantitative estimate of drug-likeness (QED) is 0.280. The average molecular weight is 437 g/mol. The number of rotatable bonds is 8. The van der Waals surface area contributed by atoms with Crippen molar-refractivity contribution in [1.82, 2.24) is 9.55 Å². The number of carbonyl (C=O) groups is 2. The van der Waals surface area contributed by atoms with E-state index in [1.165, 1.54) is 10.8 Å². The molecule has 1 aliphatic heterocycles. The number of nitrogens with one attached hydrogen (secondary N) is 1. The molecule has 1 aliphatic rings. The van der Waals surface area contributed by atoms with Crippen molar-refractivity contribution in [3.8, 4) is 0 Å². The minimum Gasteiger partial charge on any atom is -0.463 e. The van der Waals surface area contributed by atoms with Crippen molar-refractivity contribution in [2.75, 3.05) is 6.61 Å². The number of aromatic amines is 1. The van der Waals surface area contributed by atoms with Crippen LogP contribution in [0.15, 0.2) is 20.9 Å². The maximum Gasteiger partial charge on any atom is 0.330 e. The lowest BCUT2D eigenvalue weighted by atomic mass is 10.1. The summed E-state index contributed by atoms with van der Waals surface area (Å²) in [5.41, 5.74) is 7.38. The van der Waals surface area contributed by atoms with Crippen LogP contribution in [-0.2, 0) is 23.8 Å². The normalized spacial score (nSPS) is 20.7. The molecule has 0 bridgehead atoms. The van der Waals surface area contributed by atoms with Gasteiger partial charge in [-0.05, 0) is 39.6 Å². The number of aryl methyl sites for hydroxylation is 1. The van der Waals surface area contributed by atoms with Crippen molar-refractivity contribution >= 4 is 11.9 Å². The smallest absolute Gasteiger partial charge is 0.330 e. The van der Waals surface area contributed by atoms with E-state index in [0.29, 0.717) is 5.56 Å². The van der Waals surface area contributed by atoms with E-state index in [2.05, 4.69) is 15.0 Å². The summed E-state index contributed by atoms with van der Waals surface area (Å²) in [5, 5.41) is 3.66. The first-order valence-corrected chi connectivity index (χ1v) is 9.89. The average Bonchev–Trinajstić information content (AvgIpc) is 3.04. The summed E-state index contributed by atoms with van der Waals surface area (Å²) in [5.74, 6) is -0.931. The maximum absolute atomic E-state index is 12.1. The summed E-state index contributed by atoms with van der Waals surface area (Å²) in [6, 6.07) is -0.663. The van der Waals surface area contributed by atoms with E-state index < -0.39 is 47.2 Å². The molecule has 12 heteroatoms. The molecular formula is C19H27N5O7. The molecular weight excluding hydrogens is 410 g/mol. The van der Waals surface area contributed by atoms with Crippen molar-refractivity contribution in [2.45, 2.75) is 77.4 Å². The molecule has 12 nitrogen and oxygen atoms in total. The number of aromatic nitrogens is 2. The Morgan fingerprint density at radius 3 is 2.65 bits per heavy atom. The predicted octanol–water partition coefficient (Wildman–Crippen LogP) is 1.87. The number of nitrogens with zero attached hydrogens (tertiary/aromatic N) is 4. The Morgan fingerprint density at radius 2 is 2.00 bits per heavy atom. The molecule has 31 heavy (non-hydrogen) atoms. The molecule has 2 rings (SSSR count). The van der Waals surface area contributed by atoms with Gasteiger partial charge in [-0.3, -0.25) is 23.9 Å². The van der Waals surface area contributed by atoms with Gasteiger partial charge in [0.25, 0.3) is 5.56 Å². The fourth-order valence-corrected chi connectivity index (χ4v) is 3.04. The lowest BCUT2D eigenvalue weighted by Gasteiger charge is -2.19. The third kappa shape index (κ3) is 7.26. The molecule has 0 unspecified atom stereocenters. The van der Waals surface area contributed by atoms with Gasteiger partial charge in [-0.2, -0.15) is 0 Å². The lowest BCUT2D eigenvalue weighted by Crippen LogP contribution is -2.33. The van der Waals surface area contributed by atoms with Gasteiger partial charge in [-0.1, -0.05) is 5.11 Å². The molecule has 2 heterocycles. The Balaban J connectivity index is 1.90. The summed E-state index contributed by atoms with van der Waals surface area (Å²) in [6.07, 6.45) is 0.377. The van der Waals surface area contributed by atoms with E-state index >= 15 is 0 Å². The first-order valence-electron chi connectivity index (χ1n) is 9.89. The van der Waals surface area contributed by atoms with Gasteiger partial charge < -0.3 is 14.2 Å². The molecule has 0 spiro atoms. The van der Waals surface area contributed by atoms with Crippen LogP contribution in [0.5, 0.6) is 0 Å². The third-order valence-electron chi connectivity index (χ3n) is 4.45. The highest BCUT2D eigenvalue weighted by molar-refractivity contribution is 5.72. The Morgan fingerprint density at radius 1 is 1.32 bits per heavy atom. The van der Waals surface area contributed by atoms with Gasteiger partial charge in [0.05, 0.1) is 6.04 Å². The number of hydrogen-bond acceptors (Lipinski definition) is 8. The molecule has 1 saturated heterocycles. The molecule has 0 amide bonds. The van der Waals surface area contributed by atoms with Crippen LogP contribution in [0.3, 0.4) is 0 Å².